The van der Waals surface area contributed by atoms with Crippen LogP contribution in [0.3, 0.4) is 0 Å². The van der Waals surface area contributed by atoms with Crippen molar-refractivity contribution in [2.24, 2.45) is 0 Å². The molecule has 30 heavy (non-hydrogen) atoms. The molecule has 1 aliphatic heterocycles. The van der Waals surface area contributed by atoms with Crippen molar-refractivity contribution in [2.45, 2.75) is 94.7 Å². The molecular formula is C25H39NO3S. The largest absolute Gasteiger partial charge is 0.461 e. The molecule has 2 fully saturated rings. The highest BCUT2D eigenvalue weighted by atomic mass is 32.2. The third kappa shape index (κ3) is 6.91. The molecule has 1 aromatic carbocycles. The number of nitrogens with zero attached hydrogens (tertiary/aromatic N) is 1. The molecule has 1 aliphatic carbocycles. The molecule has 5 heteroatoms. The van der Waals surface area contributed by atoms with E-state index in [0.717, 1.165) is 50.9 Å². The van der Waals surface area contributed by atoms with E-state index in [1.54, 1.807) is 0 Å². The van der Waals surface area contributed by atoms with Gasteiger partial charge in [-0.3, -0.25) is 9.00 Å². The first-order chi connectivity index (χ1) is 14.3. The van der Waals surface area contributed by atoms with Crippen LogP contribution in [0.2, 0.25) is 0 Å². The van der Waals surface area contributed by atoms with E-state index < -0.39 is 10.8 Å². The van der Waals surface area contributed by atoms with Crippen LogP contribution in [0.1, 0.15) is 83.3 Å². The monoisotopic (exact) mass is 433 g/mol. The Balaban J connectivity index is 1.52. The van der Waals surface area contributed by atoms with Gasteiger partial charge in [-0.1, -0.05) is 57.9 Å². The molecule has 1 saturated carbocycles. The summed E-state index contributed by atoms with van der Waals surface area (Å²) in [6.45, 7) is 9.58. The van der Waals surface area contributed by atoms with Crippen molar-refractivity contribution >= 4 is 16.8 Å². The number of carbonyl (C=O) groups excluding carboxylic acids is 1. The zero-order valence-corrected chi connectivity index (χ0v) is 19.8. The lowest BCUT2D eigenvalue weighted by atomic mass is 9.87. The molecule has 3 rings (SSSR count). The van der Waals surface area contributed by atoms with E-state index in [2.05, 4.69) is 49.9 Å². The van der Waals surface area contributed by atoms with E-state index in [4.69, 9.17) is 4.74 Å². The number of carbonyl (C=O) groups is 1. The summed E-state index contributed by atoms with van der Waals surface area (Å²) in [5, 5.41) is -0.0417. The van der Waals surface area contributed by atoms with Crippen LogP contribution in [0, 0.1) is 0 Å². The summed E-state index contributed by atoms with van der Waals surface area (Å²) in [6.07, 6.45) is 7.87. The first-order valence-corrected chi connectivity index (χ1v) is 13.1. The Hall–Kier alpha value is -1.20. The van der Waals surface area contributed by atoms with Crippen LogP contribution < -0.4 is 0 Å². The Morgan fingerprint density at radius 1 is 1.03 bits per heavy atom. The van der Waals surface area contributed by atoms with Gasteiger partial charge in [-0.05, 0) is 61.7 Å². The minimum absolute atomic E-state index is 0.0417. The van der Waals surface area contributed by atoms with Crippen LogP contribution in [-0.4, -0.2) is 46.1 Å². The summed E-state index contributed by atoms with van der Waals surface area (Å²) < 4.78 is 19.0. The lowest BCUT2D eigenvalue weighted by Gasteiger charge is -2.31. The van der Waals surface area contributed by atoms with Crippen LogP contribution >= 0.6 is 0 Å². The number of benzene rings is 1. The number of hydrogen-bond donors (Lipinski definition) is 0. The summed E-state index contributed by atoms with van der Waals surface area (Å²) >= 11 is 0. The summed E-state index contributed by atoms with van der Waals surface area (Å²) in [5.74, 6) is 0.417. The van der Waals surface area contributed by atoms with E-state index in [-0.39, 0.29) is 22.7 Å². The smallest absolute Gasteiger partial charge is 0.307 e. The van der Waals surface area contributed by atoms with Gasteiger partial charge in [-0.25, -0.2) is 0 Å². The fourth-order valence-corrected chi connectivity index (χ4v) is 6.23. The Morgan fingerprint density at radius 3 is 2.37 bits per heavy atom. The zero-order chi connectivity index (χ0) is 21.6. The van der Waals surface area contributed by atoms with Crippen LogP contribution in [-0.2, 0) is 31.5 Å². The van der Waals surface area contributed by atoms with Crippen molar-refractivity contribution in [1.82, 2.24) is 4.90 Å². The molecule has 0 radical (unpaired) electrons. The predicted molar refractivity (Wildman–Crippen MR) is 124 cm³/mol. The lowest BCUT2D eigenvalue weighted by Crippen LogP contribution is -2.39. The topological polar surface area (TPSA) is 46.6 Å². The van der Waals surface area contributed by atoms with E-state index in [1.165, 1.54) is 24.8 Å². The molecule has 1 aromatic rings. The molecule has 1 heterocycles. The van der Waals surface area contributed by atoms with Crippen molar-refractivity contribution in [1.29, 1.82) is 0 Å². The van der Waals surface area contributed by atoms with Gasteiger partial charge in [-0.2, -0.15) is 0 Å². The van der Waals surface area contributed by atoms with Gasteiger partial charge >= 0.3 is 5.97 Å². The number of esters is 1. The summed E-state index contributed by atoms with van der Waals surface area (Å²) in [7, 11) is -1.03. The molecule has 3 atom stereocenters. The lowest BCUT2D eigenvalue weighted by molar-refractivity contribution is -0.150. The Labute approximate surface area is 185 Å². The van der Waals surface area contributed by atoms with Crippen molar-refractivity contribution in [3.05, 3.63) is 35.4 Å². The average Bonchev–Trinajstić information content (AvgIpc) is 2.73. The van der Waals surface area contributed by atoms with Gasteiger partial charge in [0.25, 0.3) is 0 Å². The second-order valence-electron chi connectivity index (χ2n) is 9.98. The van der Waals surface area contributed by atoms with E-state index in [9.17, 15) is 9.00 Å². The first-order valence-electron chi connectivity index (χ1n) is 11.7. The average molecular weight is 434 g/mol. The summed E-state index contributed by atoms with van der Waals surface area (Å²) in [5.41, 5.74) is 2.51. The Kier molecular flexibility index (Phi) is 8.52. The van der Waals surface area contributed by atoms with Gasteiger partial charge in [0.1, 0.15) is 6.10 Å². The molecule has 0 N–H and O–H groups in total. The molecule has 0 spiro atoms. The maximum Gasteiger partial charge on any atom is 0.307 e. The fraction of sp³-hybridized carbons (Fsp3) is 0.720. The number of rotatable bonds is 7. The maximum absolute atomic E-state index is 13.2. The van der Waals surface area contributed by atoms with Crippen LogP contribution in [0.5, 0.6) is 0 Å². The van der Waals surface area contributed by atoms with E-state index >= 15 is 0 Å². The highest BCUT2D eigenvalue weighted by Gasteiger charge is 2.33. The van der Waals surface area contributed by atoms with Gasteiger partial charge in [0, 0.05) is 23.1 Å². The van der Waals surface area contributed by atoms with Crippen LogP contribution in [0.25, 0.3) is 0 Å². The van der Waals surface area contributed by atoms with Gasteiger partial charge in [0.15, 0.2) is 0 Å². The molecule has 0 aromatic heterocycles. The standard InChI is InChI=1S/C25H39NO3S/c1-25(2,3)21-13-11-20(12-14-21)19-30(28)23-10-6-5-9-22(23)29-24(27)15-18-26-16-7-4-8-17-26/h11-14,22-23H,4-10,15-19H2,1-3H3/t22-,23+,30+/m1/s1. The van der Waals surface area contributed by atoms with Crippen molar-refractivity contribution in [2.75, 3.05) is 19.6 Å². The minimum Gasteiger partial charge on any atom is -0.461 e. The normalized spacial score (nSPS) is 24.4. The quantitative estimate of drug-likeness (QED) is 0.570. The molecule has 168 valence electrons. The number of likely N-dealkylation sites (tertiary alicyclic amines) is 1. The molecular weight excluding hydrogens is 394 g/mol. The molecule has 0 amide bonds. The van der Waals surface area contributed by atoms with Crippen LogP contribution in [0.15, 0.2) is 24.3 Å². The number of ether oxygens (including phenoxy) is 1. The molecule has 2 aliphatic rings. The minimum atomic E-state index is -1.03. The van der Waals surface area contributed by atoms with Gasteiger partial charge in [0.2, 0.25) is 0 Å². The number of hydrogen-bond acceptors (Lipinski definition) is 4. The van der Waals surface area contributed by atoms with E-state index in [0.29, 0.717) is 12.2 Å². The van der Waals surface area contributed by atoms with Crippen molar-refractivity contribution in [3.8, 4) is 0 Å². The highest BCUT2D eigenvalue weighted by Crippen LogP contribution is 2.28. The molecule has 4 nitrogen and oxygen atoms in total. The third-order valence-electron chi connectivity index (χ3n) is 6.47. The summed E-state index contributed by atoms with van der Waals surface area (Å²) in [4.78, 5) is 14.8. The SMILES string of the molecule is CC(C)(C)c1ccc(C[S@](=O)[C@H]2CCCC[C@H]2OC(=O)CCN2CCCCC2)cc1. The second kappa shape index (κ2) is 10.9. The third-order valence-corrected chi connectivity index (χ3v) is 8.30. The van der Waals surface area contributed by atoms with Crippen molar-refractivity contribution in [3.63, 3.8) is 0 Å². The second-order valence-corrected chi connectivity index (χ2v) is 11.6. The van der Waals surface area contributed by atoms with Crippen molar-refractivity contribution < 1.29 is 13.7 Å². The van der Waals surface area contributed by atoms with Gasteiger partial charge < -0.3 is 9.64 Å². The van der Waals surface area contributed by atoms with Gasteiger partial charge in [-0.15, -0.1) is 0 Å². The van der Waals surface area contributed by atoms with E-state index in [1.807, 2.05) is 0 Å². The Bertz CT molecular complexity index is 704. The molecule has 0 unspecified atom stereocenters. The van der Waals surface area contributed by atoms with Gasteiger partial charge in [0.05, 0.1) is 11.7 Å². The predicted octanol–water partition coefficient (Wildman–Crippen LogP) is 4.96. The fourth-order valence-electron chi connectivity index (χ4n) is 4.53. The summed E-state index contributed by atoms with van der Waals surface area (Å²) in [6, 6.07) is 8.49. The number of piperidine rings is 1. The highest BCUT2D eigenvalue weighted by molar-refractivity contribution is 7.84. The molecule has 0 bridgehead atoms. The Morgan fingerprint density at radius 2 is 1.70 bits per heavy atom. The zero-order valence-electron chi connectivity index (χ0n) is 19.0. The maximum atomic E-state index is 13.2. The molecule has 1 saturated heterocycles. The first kappa shape index (κ1) is 23.5. The van der Waals surface area contributed by atoms with Crippen LogP contribution in [0.4, 0.5) is 0 Å².